The maximum Gasteiger partial charge on any atom is 0.435 e. The third-order valence-electron chi connectivity index (χ3n) is 10.2. The third-order valence-corrected chi connectivity index (χ3v) is 13.3. The maximum absolute atomic E-state index is 14.0. The Labute approximate surface area is 367 Å². The van der Waals surface area contributed by atoms with Crippen LogP contribution in [0, 0.1) is 23.5 Å². The van der Waals surface area contributed by atoms with Gasteiger partial charge < -0.3 is 19.6 Å². The van der Waals surface area contributed by atoms with E-state index >= 15 is 0 Å². The number of hydrogen-bond acceptors (Lipinski definition) is 12. The molecular weight excluding hydrogens is 964 g/mol. The zero-order valence-corrected chi connectivity index (χ0v) is 38.0. The van der Waals surface area contributed by atoms with Gasteiger partial charge in [0.1, 0.15) is 21.4 Å². The van der Waals surface area contributed by atoms with E-state index in [1.54, 1.807) is 9.80 Å². The largest absolute Gasteiger partial charge is 0.435 e. The van der Waals surface area contributed by atoms with Crippen LogP contribution in [0.1, 0.15) is 39.1 Å². The molecule has 340 valence electrons. The van der Waals surface area contributed by atoms with Crippen LogP contribution in [0.5, 0.6) is 0 Å². The molecule has 62 heavy (non-hydrogen) atoms. The molecule has 2 aromatic carbocycles. The number of aromatic nitrogens is 4. The fourth-order valence-corrected chi connectivity index (χ4v) is 9.19. The normalized spacial score (nSPS) is 18.0. The number of anilines is 4. The van der Waals surface area contributed by atoms with Gasteiger partial charge >= 0.3 is 12.4 Å². The highest BCUT2D eigenvalue weighted by Crippen LogP contribution is 2.37. The smallest absolute Gasteiger partial charge is 0.368 e. The first kappa shape index (κ1) is 48.9. The lowest BCUT2D eigenvalue weighted by Crippen LogP contribution is -2.56. The van der Waals surface area contributed by atoms with Gasteiger partial charge in [0.05, 0.1) is 27.8 Å². The number of nitrogens with zero attached hydrogens (tertiary/aromatic N) is 8. The van der Waals surface area contributed by atoms with Crippen LogP contribution in [0.15, 0.2) is 63.1 Å². The summed E-state index contributed by atoms with van der Waals surface area (Å²) < 4.78 is 155. The van der Waals surface area contributed by atoms with Crippen molar-refractivity contribution in [3.8, 4) is 0 Å². The summed E-state index contributed by atoms with van der Waals surface area (Å²) in [5.41, 5.74) is -1.20. The highest BCUT2D eigenvalue weighted by Gasteiger charge is 2.40. The summed E-state index contributed by atoms with van der Waals surface area (Å²) in [4.78, 5) is 21.9. The Morgan fingerprint density at radius 3 is 1.42 bits per heavy atom. The molecule has 2 aromatic heterocycles. The minimum atomic E-state index is -4.71. The van der Waals surface area contributed by atoms with Crippen molar-refractivity contribution in [2.24, 2.45) is 11.8 Å². The average Bonchev–Trinajstić information content (AvgIpc) is 3.16. The molecule has 0 aliphatic carbocycles. The van der Waals surface area contributed by atoms with Crippen molar-refractivity contribution in [1.82, 2.24) is 19.9 Å². The van der Waals surface area contributed by atoms with Gasteiger partial charge in [0.25, 0.3) is 0 Å². The SMILES string of the molecule is CC(C)[C@@H]1CN(c2ccc(F)c(S(C)(=O)=O)c2)CCN1c1ncc(Br)c(C(F)(F)F)n1.CC(C)[C@@H]1CN(c2ccc(F)c(S(C)(=O)=O)c2)CCN1c1ncc(Cl)c(C(F)(F)F)n1. The van der Waals surface area contributed by atoms with Gasteiger partial charge in [0, 0.05) is 69.4 Å². The Balaban J connectivity index is 0.000000234. The average molecular weight is 1010 g/mol. The van der Waals surface area contributed by atoms with Gasteiger partial charge in [-0.25, -0.2) is 45.6 Å². The first-order valence-corrected chi connectivity index (χ1v) is 23.7. The molecule has 24 heteroatoms. The number of piperazine rings is 2. The second kappa shape index (κ2) is 18.6. The van der Waals surface area contributed by atoms with Gasteiger partial charge in [0.15, 0.2) is 31.1 Å². The highest BCUT2D eigenvalue weighted by atomic mass is 79.9. The Morgan fingerprint density at radius 1 is 0.661 bits per heavy atom. The number of alkyl halides is 6. The van der Waals surface area contributed by atoms with E-state index in [9.17, 15) is 52.0 Å². The maximum atomic E-state index is 14.0. The summed E-state index contributed by atoms with van der Waals surface area (Å²) in [6.45, 7) is 9.75. The fourth-order valence-electron chi connectivity index (χ4n) is 7.06. The topological polar surface area (TPSA) is 133 Å². The molecule has 0 amide bonds. The third kappa shape index (κ3) is 11.3. The second-order valence-electron chi connectivity index (χ2n) is 15.4. The minimum absolute atomic E-state index is 0.00578. The van der Waals surface area contributed by atoms with Crippen LogP contribution in [-0.2, 0) is 32.0 Å². The Hall–Kier alpha value is -4.09. The summed E-state index contributed by atoms with van der Waals surface area (Å²) in [5, 5.41) is -0.574. The molecule has 0 unspecified atom stereocenters. The second-order valence-corrected chi connectivity index (χ2v) is 20.6. The number of sulfone groups is 2. The van der Waals surface area contributed by atoms with E-state index in [2.05, 4.69) is 35.9 Å². The highest BCUT2D eigenvalue weighted by molar-refractivity contribution is 9.10. The molecule has 6 rings (SSSR count). The zero-order valence-electron chi connectivity index (χ0n) is 34.0. The number of rotatable bonds is 8. The molecular formula is C38H42BrClF8N8O4S2. The Kier molecular flexibility index (Phi) is 14.6. The molecule has 0 spiro atoms. The van der Waals surface area contributed by atoms with E-state index in [0.717, 1.165) is 37.0 Å². The predicted octanol–water partition coefficient (Wildman–Crippen LogP) is 8.19. The molecule has 2 fully saturated rings. The van der Waals surface area contributed by atoms with Crippen molar-refractivity contribution in [2.75, 3.05) is 71.4 Å². The molecule has 0 bridgehead atoms. The molecule has 2 aliphatic rings. The quantitative estimate of drug-likeness (QED) is 0.158. The summed E-state index contributed by atoms with van der Waals surface area (Å²) in [5.74, 6) is -1.73. The van der Waals surface area contributed by atoms with Crippen molar-refractivity contribution in [2.45, 2.75) is 61.9 Å². The van der Waals surface area contributed by atoms with Crippen LogP contribution in [-0.4, -0.2) is 101 Å². The number of benzene rings is 2. The van der Waals surface area contributed by atoms with Gasteiger partial charge in [-0.3, -0.25) is 0 Å². The van der Waals surface area contributed by atoms with Crippen molar-refractivity contribution in [1.29, 1.82) is 0 Å². The minimum Gasteiger partial charge on any atom is -0.368 e. The van der Waals surface area contributed by atoms with Crippen LogP contribution in [0.25, 0.3) is 0 Å². The van der Waals surface area contributed by atoms with Gasteiger partial charge in [-0.2, -0.15) is 26.3 Å². The molecule has 0 N–H and O–H groups in total. The van der Waals surface area contributed by atoms with E-state index in [0.29, 0.717) is 44.1 Å². The van der Waals surface area contributed by atoms with Crippen molar-refractivity contribution in [3.05, 3.63) is 81.3 Å². The predicted molar refractivity (Wildman–Crippen MR) is 222 cm³/mol. The van der Waals surface area contributed by atoms with Gasteiger partial charge in [-0.1, -0.05) is 39.3 Å². The number of halogens is 10. The van der Waals surface area contributed by atoms with Crippen molar-refractivity contribution in [3.63, 3.8) is 0 Å². The first-order valence-electron chi connectivity index (χ1n) is 18.8. The molecule has 0 radical (unpaired) electrons. The van der Waals surface area contributed by atoms with Crippen molar-refractivity contribution < 1.29 is 52.0 Å². The molecule has 2 aliphatic heterocycles. The monoisotopic (exact) mass is 1000 g/mol. The molecule has 12 nitrogen and oxygen atoms in total. The van der Waals surface area contributed by atoms with E-state index in [-0.39, 0.29) is 51.7 Å². The summed E-state index contributed by atoms with van der Waals surface area (Å²) in [6.07, 6.45) is -5.43. The lowest BCUT2D eigenvalue weighted by Gasteiger charge is -2.44. The first-order chi connectivity index (χ1) is 28.6. The fraction of sp³-hybridized carbons (Fsp3) is 0.474. The summed E-state index contributed by atoms with van der Waals surface area (Å²) in [7, 11) is -7.50. The van der Waals surface area contributed by atoms with E-state index < -0.39 is 65.0 Å². The van der Waals surface area contributed by atoms with Crippen molar-refractivity contribution >= 4 is 70.5 Å². The zero-order chi connectivity index (χ0) is 46.3. The molecule has 0 saturated carbocycles. The molecule has 4 heterocycles. The summed E-state index contributed by atoms with van der Waals surface area (Å²) in [6, 6.07) is 7.22. The van der Waals surface area contributed by atoms with Crippen LogP contribution >= 0.6 is 27.5 Å². The molecule has 2 saturated heterocycles. The lowest BCUT2D eigenvalue weighted by atomic mass is 9.99. The molecule has 2 atom stereocenters. The van der Waals surface area contributed by atoms with E-state index in [4.69, 9.17) is 11.6 Å². The van der Waals surface area contributed by atoms with Gasteiger partial charge in [-0.15, -0.1) is 0 Å². The van der Waals surface area contributed by atoms with Gasteiger partial charge in [-0.05, 0) is 64.2 Å². The van der Waals surface area contributed by atoms with E-state index in [1.807, 2.05) is 37.5 Å². The lowest BCUT2D eigenvalue weighted by molar-refractivity contribution is -0.142. The van der Waals surface area contributed by atoms with E-state index in [1.165, 1.54) is 24.3 Å². The Bertz CT molecular complexity index is 2330. The number of hydrogen-bond donors (Lipinski definition) is 0. The Morgan fingerprint density at radius 2 is 1.05 bits per heavy atom. The molecule has 4 aromatic rings. The summed E-state index contributed by atoms with van der Waals surface area (Å²) >= 11 is 8.49. The van der Waals surface area contributed by atoms with Crippen LogP contribution < -0.4 is 19.6 Å². The van der Waals surface area contributed by atoms with Gasteiger partial charge in [0.2, 0.25) is 11.9 Å². The standard InChI is InChI=1S/C19H21BrF4N4O2S.C19H21ClF4N4O2S/c2*1-11(2)15-10-27(12-4-5-14(21)16(8-12)31(3,29)30)6-7-28(15)18-25-9-13(20)17(26-18)19(22,23)24/h2*4-5,8-9,11,15H,6-7,10H2,1-3H3/t2*15-/m00/s1. The van der Waals surface area contributed by atoms with Crippen LogP contribution in [0.2, 0.25) is 5.02 Å². The van der Waals surface area contributed by atoms with Crippen LogP contribution in [0.4, 0.5) is 58.4 Å². The van der Waals surface area contributed by atoms with Crippen LogP contribution in [0.3, 0.4) is 0 Å².